The van der Waals surface area contributed by atoms with Crippen molar-refractivity contribution >= 4 is 5.57 Å². The Balaban J connectivity index is 2.12. The van der Waals surface area contributed by atoms with Crippen LogP contribution < -0.4 is 0 Å². The topological polar surface area (TPSA) is 0 Å². The molecule has 0 amide bonds. The molecule has 0 saturated heterocycles. The van der Waals surface area contributed by atoms with Gasteiger partial charge in [-0.15, -0.1) is 0 Å². The zero-order chi connectivity index (χ0) is 11.8. The molecule has 2 heteroatoms. The highest BCUT2D eigenvalue weighted by atomic mass is 19.1. The Bertz CT molecular complexity index is 592. The second-order valence-corrected chi connectivity index (χ2v) is 3.99. The monoisotopic (exact) mass is 227 g/mol. The Morgan fingerprint density at radius 2 is 1.53 bits per heavy atom. The van der Waals surface area contributed by atoms with Gasteiger partial charge < -0.3 is 0 Å². The van der Waals surface area contributed by atoms with Gasteiger partial charge in [0.25, 0.3) is 0 Å². The van der Waals surface area contributed by atoms with E-state index in [4.69, 9.17) is 0 Å². The SMILES string of the molecule is Fc1cc(F)cc(C2=C[CH]c3ccccc32)c1. The third kappa shape index (κ3) is 1.76. The van der Waals surface area contributed by atoms with Crippen LogP contribution in [-0.4, -0.2) is 0 Å². The summed E-state index contributed by atoms with van der Waals surface area (Å²) in [5.74, 6) is -1.10. The van der Waals surface area contributed by atoms with Crippen LogP contribution in [-0.2, 0) is 0 Å². The lowest BCUT2D eigenvalue weighted by atomic mass is 9.99. The summed E-state index contributed by atoms with van der Waals surface area (Å²) in [5.41, 5.74) is 3.52. The molecular formula is C15H9F2. The minimum atomic E-state index is -0.551. The molecule has 0 aromatic heterocycles. The summed E-state index contributed by atoms with van der Waals surface area (Å²) in [4.78, 5) is 0. The molecule has 17 heavy (non-hydrogen) atoms. The van der Waals surface area contributed by atoms with Crippen LogP contribution in [0.15, 0.2) is 48.5 Å². The van der Waals surface area contributed by atoms with Crippen molar-refractivity contribution < 1.29 is 8.78 Å². The van der Waals surface area contributed by atoms with Gasteiger partial charge >= 0.3 is 0 Å². The number of rotatable bonds is 1. The van der Waals surface area contributed by atoms with Crippen LogP contribution in [0.3, 0.4) is 0 Å². The maximum atomic E-state index is 13.2. The lowest BCUT2D eigenvalue weighted by Crippen LogP contribution is -1.89. The first kappa shape index (κ1) is 10.2. The molecule has 1 radical (unpaired) electrons. The first-order valence-corrected chi connectivity index (χ1v) is 5.35. The van der Waals surface area contributed by atoms with Crippen molar-refractivity contribution in [2.45, 2.75) is 0 Å². The van der Waals surface area contributed by atoms with Crippen molar-refractivity contribution in [2.24, 2.45) is 0 Å². The van der Waals surface area contributed by atoms with Gasteiger partial charge in [0.2, 0.25) is 0 Å². The predicted molar refractivity (Wildman–Crippen MR) is 63.3 cm³/mol. The van der Waals surface area contributed by atoms with Gasteiger partial charge in [0.1, 0.15) is 11.6 Å². The normalized spacial score (nSPS) is 13.4. The molecular weight excluding hydrogens is 218 g/mol. The van der Waals surface area contributed by atoms with Crippen LogP contribution in [0.5, 0.6) is 0 Å². The molecule has 0 fully saturated rings. The molecule has 0 spiro atoms. The van der Waals surface area contributed by atoms with E-state index in [2.05, 4.69) is 0 Å². The lowest BCUT2D eigenvalue weighted by molar-refractivity contribution is 0.582. The molecule has 1 aliphatic carbocycles. The van der Waals surface area contributed by atoms with E-state index in [9.17, 15) is 8.78 Å². The first-order valence-electron chi connectivity index (χ1n) is 5.35. The van der Waals surface area contributed by atoms with E-state index in [-0.39, 0.29) is 0 Å². The van der Waals surface area contributed by atoms with Crippen molar-refractivity contribution in [3.05, 3.63) is 83.3 Å². The quantitative estimate of drug-likeness (QED) is 0.691. The van der Waals surface area contributed by atoms with E-state index < -0.39 is 11.6 Å². The zero-order valence-corrected chi connectivity index (χ0v) is 8.95. The Morgan fingerprint density at radius 1 is 0.824 bits per heavy atom. The van der Waals surface area contributed by atoms with E-state index >= 15 is 0 Å². The number of fused-ring (bicyclic) bond motifs is 1. The molecule has 2 aromatic rings. The standard InChI is InChI=1S/C15H9F2/c16-12-7-11(8-13(17)9-12)15-6-5-10-3-1-2-4-14(10)15/h1-9H. The van der Waals surface area contributed by atoms with Gasteiger partial charge in [0.05, 0.1) is 0 Å². The number of hydrogen-bond acceptors (Lipinski definition) is 0. The summed E-state index contributed by atoms with van der Waals surface area (Å²) in [6.07, 6.45) is 3.84. The van der Waals surface area contributed by atoms with Gasteiger partial charge in [-0.05, 0) is 34.4 Å². The highest BCUT2D eigenvalue weighted by molar-refractivity contribution is 5.87. The Labute approximate surface area is 98.2 Å². The third-order valence-corrected chi connectivity index (χ3v) is 2.85. The second kappa shape index (κ2) is 3.81. The predicted octanol–water partition coefficient (Wildman–Crippen LogP) is 3.96. The average molecular weight is 227 g/mol. The van der Waals surface area contributed by atoms with Gasteiger partial charge in [-0.25, -0.2) is 8.78 Å². The third-order valence-electron chi connectivity index (χ3n) is 2.85. The van der Waals surface area contributed by atoms with Crippen LogP contribution in [0.1, 0.15) is 16.7 Å². The smallest absolute Gasteiger partial charge is 0.126 e. The van der Waals surface area contributed by atoms with Crippen molar-refractivity contribution in [3.8, 4) is 0 Å². The maximum absolute atomic E-state index is 13.2. The van der Waals surface area contributed by atoms with E-state index in [0.717, 1.165) is 22.8 Å². The van der Waals surface area contributed by atoms with Gasteiger partial charge in [0.15, 0.2) is 0 Å². The number of benzene rings is 2. The van der Waals surface area contributed by atoms with Crippen molar-refractivity contribution in [1.82, 2.24) is 0 Å². The minimum absolute atomic E-state index is 0.551. The fraction of sp³-hybridized carbons (Fsp3) is 0. The molecule has 0 saturated carbocycles. The number of allylic oxidation sites excluding steroid dienone is 1. The lowest BCUT2D eigenvalue weighted by Gasteiger charge is -2.06. The molecule has 0 bridgehead atoms. The van der Waals surface area contributed by atoms with Gasteiger partial charge in [-0.3, -0.25) is 0 Å². The molecule has 3 rings (SSSR count). The van der Waals surface area contributed by atoms with Gasteiger partial charge in [-0.1, -0.05) is 30.3 Å². The van der Waals surface area contributed by atoms with Crippen LogP contribution in [0.2, 0.25) is 0 Å². The van der Waals surface area contributed by atoms with E-state index in [1.807, 2.05) is 36.8 Å². The molecule has 0 aliphatic heterocycles. The summed E-state index contributed by atoms with van der Waals surface area (Å²) in [6, 6.07) is 11.4. The molecule has 83 valence electrons. The Morgan fingerprint density at radius 3 is 2.29 bits per heavy atom. The summed E-state index contributed by atoms with van der Waals surface area (Å²) in [7, 11) is 0. The first-order chi connectivity index (χ1) is 8.24. The molecule has 1 aliphatic rings. The Kier molecular flexibility index (Phi) is 2.29. The Hall–Kier alpha value is -1.96. The molecule has 2 aromatic carbocycles. The van der Waals surface area contributed by atoms with Crippen LogP contribution >= 0.6 is 0 Å². The molecule has 0 nitrogen and oxygen atoms in total. The van der Waals surface area contributed by atoms with E-state index in [1.54, 1.807) is 0 Å². The largest absolute Gasteiger partial charge is 0.207 e. The van der Waals surface area contributed by atoms with E-state index in [1.165, 1.54) is 12.1 Å². The van der Waals surface area contributed by atoms with Gasteiger partial charge in [-0.2, -0.15) is 0 Å². The molecule has 0 N–H and O–H groups in total. The fourth-order valence-corrected chi connectivity index (χ4v) is 2.11. The highest BCUT2D eigenvalue weighted by Gasteiger charge is 2.16. The molecule has 0 unspecified atom stereocenters. The number of halogens is 2. The van der Waals surface area contributed by atoms with Crippen molar-refractivity contribution in [1.29, 1.82) is 0 Å². The summed E-state index contributed by atoms with van der Waals surface area (Å²) < 4.78 is 26.4. The maximum Gasteiger partial charge on any atom is 0.126 e. The summed E-state index contributed by atoms with van der Waals surface area (Å²) >= 11 is 0. The minimum Gasteiger partial charge on any atom is -0.207 e. The van der Waals surface area contributed by atoms with E-state index in [0.29, 0.717) is 5.56 Å². The van der Waals surface area contributed by atoms with Crippen molar-refractivity contribution in [3.63, 3.8) is 0 Å². The van der Waals surface area contributed by atoms with Crippen LogP contribution in [0.25, 0.3) is 5.57 Å². The molecule has 0 heterocycles. The summed E-state index contributed by atoms with van der Waals surface area (Å²) in [6.45, 7) is 0. The van der Waals surface area contributed by atoms with Gasteiger partial charge in [0, 0.05) is 12.5 Å². The average Bonchev–Trinajstić information content (AvgIpc) is 2.71. The van der Waals surface area contributed by atoms with Crippen LogP contribution in [0, 0.1) is 18.1 Å². The number of hydrogen-bond donors (Lipinski definition) is 0. The van der Waals surface area contributed by atoms with Crippen molar-refractivity contribution in [2.75, 3.05) is 0 Å². The molecule has 0 atom stereocenters. The summed E-state index contributed by atoms with van der Waals surface area (Å²) in [5, 5.41) is 0. The highest BCUT2D eigenvalue weighted by Crippen LogP contribution is 2.33. The van der Waals surface area contributed by atoms with Crippen LogP contribution in [0.4, 0.5) is 8.78 Å². The second-order valence-electron chi connectivity index (χ2n) is 3.99. The zero-order valence-electron chi connectivity index (χ0n) is 8.95. The fourth-order valence-electron chi connectivity index (χ4n) is 2.11.